The summed E-state index contributed by atoms with van der Waals surface area (Å²) in [7, 11) is -4.00. The summed E-state index contributed by atoms with van der Waals surface area (Å²) in [4.78, 5) is -0.518. The van der Waals surface area contributed by atoms with Gasteiger partial charge in [0.25, 0.3) is 0 Å². The summed E-state index contributed by atoms with van der Waals surface area (Å²) in [6.07, 6.45) is -4.71. The van der Waals surface area contributed by atoms with Crippen molar-refractivity contribution < 1.29 is 21.6 Å². The van der Waals surface area contributed by atoms with Crippen LogP contribution in [0.15, 0.2) is 58.3 Å². The van der Waals surface area contributed by atoms with Crippen molar-refractivity contribution in [2.45, 2.75) is 16.0 Å². The second-order valence-corrected chi connectivity index (χ2v) is 6.31. The van der Waals surface area contributed by atoms with Crippen molar-refractivity contribution in [1.29, 1.82) is 0 Å². The largest absolute Gasteiger partial charge is 0.417 e. The van der Waals surface area contributed by atoms with Crippen LogP contribution in [0, 0.1) is 0 Å². The van der Waals surface area contributed by atoms with Gasteiger partial charge in [-0.2, -0.15) is 13.2 Å². The summed E-state index contributed by atoms with van der Waals surface area (Å²) < 4.78 is 62.6. The number of hydrogen-bond acceptors (Lipinski definition) is 2. The smallest absolute Gasteiger partial charge is 0.219 e. The lowest BCUT2D eigenvalue weighted by atomic mass is 10.2. The fourth-order valence-corrected chi connectivity index (χ4v) is 3.16. The lowest BCUT2D eigenvalue weighted by Crippen LogP contribution is -2.09. The van der Waals surface area contributed by atoms with E-state index in [1.807, 2.05) is 0 Å². The SMILES string of the molecule is O=S(=O)(c1ccccc1)c1ccc(Cl)c(C(F)(F)F)c1. The van der Waals surface area contributed by atoms with Crippen molar-refractivity contribution in [3.8, 4) is 0 Å². The van der Waals surface area contributed by atoms with E-state index in [0.717, 1.165) is 12.1 Å². The highest BCUT2D eigenvalue weighted by Gasteiger charge is 2.34. The minimum Gasteiger partial charge on any atom is -0.219 e. The minimum absolute atomic E-state index is 0.0737. The van der Waals surface area contributed by atoms with Crippen molar-refractivity contribution in [2.75, 3.05) is 0 Å². The molecule has 106 valence electrons. The molecule has 2 nitrogen and oxygen atoms in total. The summed E-state index contributed by atoms with van der Waals surface area (Å²) in [5.74, 6) is 0. The first kappa shape index (κ1) is 14.9. The summed E-state index contributed by atoms with van der Waals surface area (Å²) in [6, 6.07) is 9.77. The van der Waals surface area contributed by atoms with E-state index in [9.17, 15) is 21.6 Å². The number of rotatable bonds is 2. The van der Waals surface area contributed by atoms with Gasteiger partial charge in [0, 0.05) is 0 Å². The van der Waals surface area contributed by atoms with Gasteiger partial charge in [0.05, 0.1) is 20.4 Å². The third kappa shape index (κ3) is 2.81. The molecule has 20 heavy (non-hydrogen) atoms. The third-order valence-corrected chi connectivity index (χ3v) is 4.70. The standard InChI is InChI=1S/C13H8ClF3O2S/c14-12-7-6-10(8-11(12)13(15,16)17)20(18,19)9-4-2-1-3-5-9/h1-8H. The zero-order chi connectivity index (χ0) is 15.0. The van der Waals surface area contributed by atoms with Crippen LogP contribution in [0.5, 0.6) is 0 Å². The molecular formula is C13H8ClF3O2S. The van der Waals surface area contributed by atoms with Gasteiger partial charge in [-0.3, -0.25) is 0 Å². The van der Waals surface area contributed by atoms with Crippen LogP contribution in [0.25, 0.3) is 0 Å². The molecule has 0 amide bonds. The van der Waals surface area contributed by atoms with E-state index in [4.69, 9.17) is 11.6 Å². The first-order valence-electron chi connectivity index (χ1n) is 5.40. The summed E-state index contributed by atoms with van der Waals surface area (Å²) in [5.41, 5.74) is -1.17. The molecule has 0 aliphatic heterocycles. The summed E-state index contributed by atoms with van der Waals surface area (Å²) in [6.45, 7) is 0. The molecule has 2 aromatic rings. The van der Waals surface area contributed by atoms with Gasteiger partial charge < -0.3 is 0 Å². The molecule has 0 aliphatic rings. The lowest BCUT2D eigenvalue weighted by Gasteiger charge is -2.11. The van der Waals surface area contributed by atoms with Gasteiger partial charge in [0.15, 0.2) is 0 Å². The number of halogens is 4. The highest BCUT2D eigenvalue weighted by atomic mass is 35.5. The maximum absolute atomic E-state index is 12.7. The molecule has 0 radical (unpaired) electrons. The molecule has 0 saturated carbocycles. The number of alkyl halides is 3. The number of hydrogen-bond donors (Lipinski definition) is 0. The zero-order valence-electron chi connectivity index (χ0n) is 9.86. The van der Waals surface area contributed by atoms with Gasteiger partial charge in [-0.15, -0.1) is 0 Å². The van der Waals surface area contributed by atoms with E-state index in [0.29, 0.717) is 6.07 Å². The van der Waals surface area contributed by atoms with Crippen LogP contribution in [-0.2, 0) is 16.0 Å². The van der Waals surface area contributed by atoms with Crippen molar-refractivity contribution in [1.82, 2.24) is 0 Å². The molecule has 0 saturated heterocycles. The zero-order valence-corrected chi connectivity index (χ0v) is 11.4. The quantitative estimate of drug-likeness (QED) is 0.831. The van der Waals surface area contributed by atoms with E-state index in [1.165, 1.54) is 24.3 Å². The molecule has 2 rings (SSSR count). The Bertz CT molecular complexity index is 725. The number of sulfone groups is 1. The van der Waals surface area contributed by atoms with Gasteiger partial charge in [-0.1, -0.05) is 29.8 Å². The average molecular weight is 321 g/mol. The van der Waals surface area contributed by atoms with E-state index in [1.54, 1.807) is 6.07 Å². The Morgan fingerprint density at radius 3 is 2.05 bits per heavy atom. The Morgan fingerprint density at radius 1 is 0.900 bits per heavy atom. The van der Waals surface area contributed by atoms with Crippen LogP contribution >= 0.6 is 11.6 Å². The fourth-order valence-electron chi connectivity index (χ4n) is 1.62. The van der Waals surface area contributed by atoms with Crippen molar-refractivity contribution in [3.63, 3.8) is 0 Å². The Morgan fingerprint density at radius 2 is 1.50 bits per heavy atom. The second-order valence-electron chi connectivity index (χ2n) is 3.96. The van der Waals surface area contributed by atoms with Crippen LogP contribution in [0.3, 0.4) is 0 Å². The Labute approximate surface area is 118 Å². The van der Waals surface area contributed by atoms with E-state index < -0.39 is 31.5 Å². The molecule has 0 spiro atoms. The van der Waals surface area contributed by atoms with Gasteiger partial charge in [-0.25, -0.2) is 8.42 Å². The summed E-state index contributed by atoms with van der Waals surface area (Å²) in [5, 5.41) is -0.537. The molecule has 0 N–H and O–H groups in total. The Hall–Kier alpha value is -1.53. The monoisotopic (exact) mass is 320 g/mol. The van der Waals surface area contributed by atoms with Gasteiger partial charge in [0.2, 0.25) is 9.84 Å². The van der Waals surface area contributed by atoms with Crippen LogP contribution in [-0.4, -0.2) is 8.42 Å². The van der Waals surface area contributed by atoms with Crippen LogP contribution in [0.4, 0.5) is 13.2 Å². The molecular weight excluding hydrogens is 313 g/mol. The molecule has 0 aromatic heterocycles. The van der Waals surface area contributed by atoms with Gasteiger partial charge in [-0.05, 0) is 30.3 Å². The predicted octanol–water partition coefficient (Wildman–Crippen LogP) is 4.19. The van der Waals surface area contributed by atoms with Crippen LogP contribution < -0.4 is 0 Å². The molecule has 0 aliphatic carbocycles. The van der Waals surface area contributed by atoms with Crippen molar-refractivity contribution in [2.24, 2.45) is 0 Å². The molecule has 7 heteroatoms. The maximum atomic E-state index is 12.7. The van der Waals surface area contributed by atoms with E-state index in [2.05, 4.69) is 0 Å². The van der Waals surface area contributed by atoms with Gasteiger partial charge in [0.1, 0.15) is 0 Å². The fraction of sp³-hybridized carbons (Fsp3) is 0.0769. The number of benzene rings is 2. The Balaban J connectivity index is 2.60. The molecule has 0 bridgehead atoms. The molecule has 0 unspecified atom stereocenters. The molecule has 0 heterocycles. The molecule has 0 atom stereocenters. The maximum Gasteiger partial charge on any atom is 0.417 e. The highest BCUT2D eigenvalue weighted by Crippen LogP contribution is 2.36. The third-order valence-electron chi connectivity index (χ3n) is 2.61. The Kier molecular flexibility index (Phi) is 3.80. The molecule has 0 fully saturated rings. The minimum atomic E-state index is -4.71. The van der Waals surface area contributed by atoms with Crippen molar-refractivity contribution >= 4 is 21.4 Å². The van der Waals surface area contributed by atoms with Crippen molar-refractivity contribution in [3.05, 3.63) is 59.1 Å². The molecule has 2 aromatic carbocycles. The van der Waals surface area contributed by atoms with Gasteiger partial charge >= 0.3 is 6.18 Å². The summed E-state index contributed by atoms with van der Waals surface area (Å²) >= 11 is 5.46. The first-order valence-corrected chi connectivity index (χ1v) is 7.26. The average Bonchev–Trinajstić information content (AvgIpc) is 2.38. The topological polar surface area (TPSA) is 34.1 Å². The predicted molar refractivity (Wildman–Crippen MR) is 68.3 cm³/mol. The van der Waals surface area contributed by atoms with Crippen LogP contribution in [0.1, 0.15) is 5.56 Å². The van der Waals surface area contributed by atoms with E-state index in [-0.39, 0.29) is 4.90 Å². The lowest BCUT2D eigenvalue weighted by molar-refractivity contribution is -0.137. The van der Waals surface area contributed by atoms with Crippen LogP contribution in [0.2, 0.25) is 5.02 Å². The van der Waals surface area contributed by atoms with E-state index >= 15 is 0 Å². The first-order chi connectivity index (χ1) is 9.23. The second kappa shape index (κ2) is 5.10. The normalized spacial score (nSPS) is 12.4. The highest BCUT2D eigenvalue weighted by molar-refractivity contribution is 7.91.